The average Bonchev–Trinajstić information content (AvgIpc) is 2.83. The fourth-order valence-electron chi connectivity index (χ4n) is 1.76. The number of aromatic nitrogens is 3. The van der Waals surface area contributed by atoms with Crippen molar-refractivity contribution in [2.75, 3.05) is 6.61 Å². The van der Waals surface area contributed by atoms with Crippen molar-refractivity contribution in [1.29, 1.82) is 0 Å². The van der Waals surface area contributed by atoms with Crippen LogP contribution >= 0.6 is 0 Å². The summed E-state index contributed by atoms with van der Waals surface area (Å²) < 4.78 is 7.48. The Morgan fingerprint density at radius 3 is 2.55 bits per heavy atom. The van der Waals surface area contributed by atoms with Gasteiger partial charge in [-0.3, -0.25) is 0 Å². The van der Waals surface area contributed by atoms with Crippen LogP contribution in [0, 0.1) is 0 Å². The first-order valence-corrected chi connectivity index (χ1v) is 10.5. The Kier molecular flexibility index (Phi) is 4.78. The fraction of sp³-hybridized carbons (Fsp3) is 0.429. The van der Waals surface area contributed by atoms with Crippen molar-refractivity contribution in [1.82, 2.24) is 15.0 Å². The zero-order chi connectivity index (χ0) is 14.6. The molecule has 0 aliphatic rings. The first kappa shape index (κ1) is 15.0. The maximum absolute atomic E-state index is 5.71. The molecule has 6 heteroatoms. The number of nitrogens with zero attached hydrogens (tertiary/aromatic N) is 3. The fourth-order valence-corrected chi connectivity index (χ4v) is 2.52. The second-order valence-corrected chi connectivity index (χ2v) is 11.7. The van der Waals surface area contributed by atoms with Crippen LogP contribution in [-0.4, -0.2) is 37.5 Å². The second-order valence-electron chi connectivity index (χ2n) is 6.09. The molecule has 4 nitrogen and oxygen atoms in total. The maximum atomic E-state index is 5.71. The molecule has 1 heterocycles. The molecule has 104 valence electrons. The van der Waals surface area contributed by atoms with E-state index in [4.69, 9.17) is 12.6 Å². The average molecular weight is 285 g/mol. The predicted octanol–water partition coefficient (Wildman–Crippen LogP) is 2.05. The third kappa shape index (κ3) is 4.32. The molecular formula is C14H20BN3OSi. The molecule has 0 spiro atoms. The van der Waals surface area contributed by atoms with Crippen LogP contribution in [0.15, 0.2) is 30.5 Å². The van der Waals surface area contributed by atoms with Gasteiger partial charge in [0.15, 0.2) is 0 Å². The Morgan fingerprint density at radius 2 is 1.90 bits per heavy atom. The molecule has 1 aromatic carbocycles. The van der Waals surface area contributed by atoms with Gasteiger partial charge in [0.05, 0.1) is 11.9 Å². The van der Waals surface area contributed by atoms with E-state index in [0.717, 1.165) is 29.4 Å². The van der Waals surface area contributed by atoms with Gasteiger partial charge in [0, 0.05) is 20.2 Å². The van der Waals surface area contributed by atoms with E-state index in [0.29, 0.717) is 6.73 Å². The van der Waals surface area contributed by atoms with E-state index in [2.05, 4.69) is 30.0 Å². The van der Waals surface area contributed by atoms with Crippen LogP contribution in [0.2, 0.25) is 25.7 Å². The summed E-state index contributed by atoms with van der Waals surface area (Å²) >= 11 is 0. The number of rotatable bonds is 6. The van der Waals surface area contributed by atoms with Crippen molar-refractivity contribution in [3.63, 3.8) is 0 Å². The Labute approximate surface area is 122 Å². The van der Waals surface area contributed by atoms with E-state index in [9.17, 15) is 0 Å². The highest BCUT2D eigenvalue weighted by molar-refractivity contribution is 6.76. The summed E-state index contributed by atoms with van der Waals surface area (Å²) in [5.74, 6) is 0. The molecule has 2 aromatic rings. The number of benzene rings is 1. The molecule has 0 aliphatic carbocycles. The van der Waals surface area contributed by atoms with E-state index < -0.39 is 8.07 Å². The molecule has 0 saturated heterocycles. The zero-order valence-corrected chi connectivity index (χ0v) is 13.3. The molecule has 0 unspecified atom stereocenters. The quantitative estimate of drug-likeness (QED) is 0.602. The van der Waals surface area contributed by atoms with Crippen LogP contribution in [0.3, 0.4) is 0 Å². The normalized spacial score (nSPS) is 11.8. The lowest BCUT2D eigenvalue weighted by Crippen LogP contribution is -2.22. The van der Waals surface area contributed by atoms with E-state index >= 15 is 0 Å². The van der Waals surface area contributed by atoms with Gasteiger partial charge in [0.25, 0.3) is 0 Å². The van der Waals surface area contributed by atoms with Gasteiger partial charge in [-0.05, 0) is 6.04 Å². The Hall–Kier alpha value is -1.40. The van der Waals surface area contributed by atoms with Gasteiger partial charge in [-0.25, -0.2) is 4.68 Å². The molecule has 0 aliphatic heterocycles. The van der Waals surface area contributed by atoms with Crippen molar-refractivity contribution in [2.45, 2.75) is 32.4 Å². The van der Waals surface area contributed by atoms with E-state index in [1.165, 1.54) is 0 Å². The Balaban J connectivity index is 1.97. The third-order valence-electron chi connectivity index (χ3n) is 3.03. The summed E-state index contributed by atoms with van der Waals surface area (Å²) in [6.07, 6.45) is 1.74. The van der Waals surface area contributed by atoms with Crippen LogP contribution < -0.4 is 5.46 Å². The SMILES string of the molecule is [B]c1ccc(-c2cnnn2COCC[Si](C)(C)C)cc1. The second kappa shape index (κ2) is 6.37. The van der Waals surface area contributed by atoms with Crippen molar-refractivity contribution < 1.29 is 4.74 Å². The summed E-state index contributed by atoms with van der Waals surface area (Å²) in [7, 11) is 4.65. The zero-order valence-electron chi connectivity index (χ0n) is 12.3. The lowest BCUT2D eigenvalue weighted by molar-refractivity contribution is 0.0784. The molecule has 0 amide bonds. The van der Waals surface area contributed by atoms with Crippen LogP contribution in [0.1, 0.15) is 0 Å². The molecule has 0 bridgehead atoms. The van der Waals surface area contributed by atoms with Crippen LogP contribution in [0.25, 0.3) is 11.3 Å². The van der Waals surface area contributed by atoms with Gasteiger partial charge in [0.2, 0.25) is 0 Å². The molecule has 0 fully saturated rings. The minimum Gasteiger partial charge on any atom is -0.359 e. The minimum atomic E-state index is -1.05. The van der Waals surface area contributed by atoms with E-state index in [1.807, 2.05) is 24.3 Å². The smallest absolute Gasteiger partial charge is 0.141 e. The van der Waals surface area contributed by atoms with Crippen LogP contribution in [0.5, 0.6) is 0 Å². The van der Waals surface area contributed by atoms with Gasteiger partial charge in [-0.2, -0.15) is 0 Å². The topological polar surface area (TPSA) is 39.9 Å². The van der Waals surface area contributed by atoms with Gasteiger partial charge in [-0.15, -0.1) is 5.10 Å². The van der Waals surface area contributed by atoms with Gasteiger partial charge in [-0.1, -0.05) is 54.6 Å². The number of ether oxygens (including phenoxy) is 1. The molecule has 0 atom stereocenters. The maximum Gasteiger partial charge on any atom is 0.141 e. The summed E-state index contributed by atoms with van der Waals surface area (Å²) in [5, 5.41) is 8.03. The molecule has 1 aromatic heterocycles. The van der Waals surface area contributed by atoms with Gasteiger partial charge >= 0.3 is 0 Å². The molecule has 2 rings (SSSR count). The summed E-state index contributed by atoms with van der Waals surface area (Å²) in [6, 6.07) is 8.83. The lowest BCUT2D eigenvalue weighted by Gasteiger charge is -2.15. The highest BCUT2D eigenvalue weighted by Crippen LogP contribution is 2.16. The number of hydrogen-bond acceptors (Lipinski definition) is 3. The lowest BCUT2D eigenvalue weighted by atomic mass is 9.95. The van der Waals surface area contributed by atoms with E-state index in [1.54, 1.807) is 10.9 Å². The molecule has 20 heavy (non-hydrogen) atoms. The molecular weight excluding hydrogens is 265 g/mol. The van der Waals surface area contributed by atoms with Crippen molar-refractivity contribution in [2.24, 2.45) is 0 Å². The summed E-state index contributed by atoms with van der Waals surface area (Å²) in [6.45, 7) is 8.23. The van der Waals surface area contributed by atoms with Crippen molar-refractivity contribution >= 4 is 21.4 Å². The largest absolute Gasteiger partial charge is 0.359 e. The summed E-state index contributed by atoms with van der Waals surface area (Å²) in [5.41, 5.74) is 2.73. The summed E-state index contributed by atoms with van der Waals surface area (Å²) in [4.78, 5) is 0. The molecule has 0 N–H and O–H groups in total. The monoisotopic (exact) mass is 285 g/mol. The van der Waals surface area contributed by atoms with Crippen LogP contribution in [-0.2, 0) is 11.5 Å². The third-order valence-corrected chi connectivity index (χ3v) is 4.74. The van der Waals surface area contributed by atoms with Gasteiger partial charge in [0.1, 0.15) is 14.6 Å². The number of hydrogen-bond donors (Lipinski definition) is 0. The highest BCUT2D eigenvalue weighted by atomic mass is 28.3. The van der Waals surface area contributed by atoms with Crippen molar-refractivity contribution in [3.05, 3.63) is 30.5 Å². The Bertz CT molecular complexity index is 548. The van der Waals surface area contributed by atoms with E-state index in [-0.39, 0.29) is 0 Å². The van der Waals surface area contributed by atoms with Crippen LogP contribution in [0.4, 0.5) is 0 Å². The Morgan fingerprint density at radius 1 is 1.20 bits per heavy atom. The first-order chi connectivity index (χ1) is 9.46. The predicted molar refractivity (Wildman–Crippen MR) is 85.0 cm³/mol. The first-order valence-electron chi connectivity index (χ1n) is 6.78. The van der Waals surface area contributed by atoms with Gasteiger partial charge < -0.3 is 4.74 Å². The molecule has 2 radical (unpaired) electrons. The van der Waals surface area contributed by atoms with Crippen molar-refractivity contribution in [3.8, 4) is 11.3 Å². The molecule has 0 saturated carbocycles. The minimum absolute atomic E-state index is 0.435. The highest BCUT2D eigenvalue weighted by Gasteiger charge is 2.12. The standard InChI is InChI=1S/C14H20BN3OSi/c1-20(2,3)9-8-19-11-18-14(10-16-17-18)12-4-6-13(15)7-5-12/h4-7,10H,8-9,11H2,1-3H3.